The quantitative estimate of drug-likeness (QED) is 0.662. The molecule has 1 amide bonds. The van der Waals surface area contributed by atoms with Crippen molar-refractivity contribution < 1.29 is 14.3 Å². The highest BCUT2D eigenvalue weighted by molar-refractivity contribution is 6.32. The molecule has 0 aliphatic carbocycles. The lowest BCUT2D eigenvalue weighted by molar-refractivity contribution is -0.138. The number of carbonyl (C=O) groups is 2. The van der Waals surface area contributed by atoms with E-state index in [9.17, 15) is 9.59 Å². The highest BCUT2D eigenvalue weighted by Gasteiger charge is 2.27. The summed E-state index contributed by atoms with van der Waals surface area (Å²) in [5.41, 5.74) is 2.91. The summed E-state index contributed by atoms with van der Waals surface area (Å²) in [5, 5.41) is 4.61. The van der Waals surface area contributed by atoms with Crippen LogP contribution in [0.4, 0.5) is 0 Å². The Morgan fingerprint density at radius 2 is 1.93 bits per heavy atom. The van der Waals surface area contributed by atoms with E-state index in [2.05, 4.69) is 12.0 Å². The maximum absolute atomic E-state index is 12.6. The number of aryl methyl sites for hydroxylation is 2. The van der Waals surface area contributed by atoms with Gasteiger partial charge in [-0.2, -0.15) is 5.10 Å². The van der Waals surface area contributed by atoms with Gasteiger partial charge < -0.3 is 9.64 Å². The number of carbonyl (C=O) groups excluding carboxylic acids is 2. The van der Waals surface area contributed by atoms with E-state index in [1.807, 2.05) is 36.1 Å². The average Bonchev–Trinajstić information content (AvgIpc) is 3.00. The molecule has 2 aromatic rings. The molecule has 3 rings (SSSR count). The Labute approximate surface area is 176 Å². The van der Waals surface area contributed by atoms with Crippen LogP contribution < -0.4 is 0 Å². The molecular weight excluding hydrogens is 390 g/mol. The Kier molecular flexibility index (Phi) is 6.96. The van der Waals surface area contributed by atoms with E-state index in [4.69, 9.17) is 16.3 Å². The molecule has 0 N–H and O–H groups in total. The maximum Gasteiger partial charge on any atom is 0.343 e. The second kappa shape index (κ2) is 9.44. The topological polar surface area (TPSA) is 64.4 Å². The van der Waals surface area contributed by atoms with Gasteiger partial charge in [0.25, 0.3) is 5.91 Å². The molecule has 1 aliphatic rings. The third-order valence-electron chi connectivity index (χ3n) is 5.47. The lowest BCUT2D eigenvalue weighted by Gasteiger charge is -2.35. The van der Waals surface area contributed by atoms with Gasteiger partial charge in [-0.1, -0.05) is 48.4 Å². The van der Waals surface area contributed by atoms with Gasteiger partial charge >= 0.3 is 5.97 Å². The number of halogens is 1. The third-order valence-corrected chi connectivity index (χ3v) is 5.85. The monoisotopic (exact) mass is 417 g/mol. The number of ether oxygens (including phenoxy) is 1. The van der Waals surface area contributed by atoms with Gasteiger partial charge in [0.15, 0.2) is 6.61 Å². The second-order valence-electron chi connectivity index (χ2n) is 7.62. The second-order valence-corrected chi connectivity index (χ2v) is 7.97. The Morgan fingerprint density at radius 1 is 1.21 bits per heavy atom. The van der Waals surface area contributed by atoms with Crippen LogP contribution in [0.15, 0.2) is 24.3 Å². The molecule has 1 aromatic heterocycles. The van der Waals surface area contributed by atoms with Crippen molar-refractivity contribution in [1.82, 2.24) is 14.7 Å². The van der Waals surface area contributed by atoms with Crippen LogP contribution in [0.1, 0.15) is 59.8 Å². The van der Waals surface area contributed by atoms with E-state index in [-0.39, 0.29) is 29.3 Å². The number of esters is 1. The predicted octanol–water partition coefficient (Wildman–Crippen LogP) is 4.15. The first-order valence-electron chi connectivity index (χ1n) is 10.2. The number of amides is 1. The number of benzene rings is 1. The number of aromatic nitrogens is 2. The molecule has 0 bridgehead atoms. The van der Waals surface area contributed by atoms with Crippen molar-refractivity contribution in [3.05, 3.63) is 51.8 Å². The molecule has 0 radical (unpaired) electrons. The minimum Gasteiger partial charge on any atom is -0.452 e. The molecule has 1 aliphatic heterocycles. The fraction of sp³-hybridized carbons (Fsp3) is 0.500. The molecule has 0 saturated carbocycles. The molecule has 2 heterocycles. The SMILES string of the molecule is CCC1CCCCN1C(=O)COC(=O)c1c(C)nn(Cc2ccc(C)cc2)c1Cl. The molecule has 156 valence electrons. The predicted molar refractivity (Wildman–Crippen MR) is 112 cm³/mol. The summed E-state index contributed by atoms with van der Waals surface area (Å²) in [6.07, 6.45) is 4.05. The zero-order valence-electron chi connectivity index (χ0n) is 17.3. The van der Waals surface area contributed by atoms with Crippen molar-refractivity contribution in [3.8, 4) is 0 Å². The van der Waals surface area contributed by atoms with Gasteiger partial charge in [0, 0.05) is 12.6 Å². The molecule has 6 nitrogen and oxygen atoms in total. The highest BCUT2D eigenvalue weighted by atomic mass is 35.5. The number of likely N-dealkylation sites (tertiary alicyclic amines) is 1. The van der Waals surface area contributed by atoms with Gasteiger partial charge in [0.05, 0.1) is 12.2 Å². The fourth-order valence-corrected chi connectivity index (χ4v) is 4.10. The summed E-state index contributed by atoms with van der Waals surface area (Å²) in [4.78, 5) is 27.0. The van der Waals surface area contributed by atoms with E-state index >= 15 is 0 Å². The van der Waals surface area contributed by atoms with E-state index in [1.165, 1.54) is 5.56 Å². The van der Waals surface area contributed by atoms with Crippen LogP contribution >= 0.6 is 11.6 Å². The normalized spacial score (nSPS) is 16.7. The van der Waals surface area contributed by atoms with Gasteiger partial charge in [-0.3, -0.25) is 4.79 Å². The van der Waals surface area contributed by atoms with E-state index < -0.39 is 5.97 Å². The van der Waals surface area contributed by atoms with Crippen LogP contribution in [-0.2, 0) is 16.1 Å². The minimum atomic E-state index is -0.610. The number of piperidine rings is 1. The molecule has 1 unspecified atom stereocenters. The largest absolute Gasteiger partial charge is 0.452 e. The lowest BCUT2D eigenvalue weighted by atomic mass is 10.00. The average molecular weight is 418 g/mol. The summed E-state index contributed by atoms with van der Waals surface area (Å²) in [5.74, 6) is -0.758. The van der Waals surface area contributed by atoms with Gasteiger partial charge in [-0.15, -0.1) is 0 Å². The van der Waals surface area contributed by atoms with Crippen LogP contribution in [0.25, 0.3) is 0 Å². The molecule has 1 atom stereocenters. The first-order valence-corrected chi connectivity index (χ1v) is 10.5. The molecule has 1 fully saturated rings. The smallest absolute Gasteiger partial charge is 0.343 e. The van der Waals surface area contributed by atoms with Crippen molar-refractivity contribution in [1.29, 1.82) is 0 Å². The lowest BCUT2D eigenvalue weighted by Crippen LogP contribution is -2.45. The summed E-state index contributed by atoms with van der Waals surface area (Å²) in [7, 11) is 0. The number of nitrogens with zero attached hydrogens (tertiary/aromatic N) is 3. The summed E-state index contributed by atoms with van der Waals surface area (Å²) in [6, 6.07) is 8.27. The molecule has 1 aromatic carbocycles. The third kappa shape index (κ3) is 4.99. The van der Waals surface area contributed by atoms with Crippen molar-refractivity contribution in [2.45, 2.75) is 59.0 Å². The molecule has 29 heavy (non-hydrogen) atoms. The first kappa shape index (κ1) is 21.4. The van der Waals surface area contributed by atoms with Crippen LogP contribution in [-0.4, -0.2) is 45.8 Å². The number of hydrogen-bond donors (Lipinski definition) is 0. The van der Waals surface area contributed by atoms with Crippen molar-refractivity contribution in [2.75, 3.05) is 13.2 Å². The number of hydrogen-bond acceptors (Lipinski definition) is 4. The van der Waals surface area contributed by atoms with Gasteiger partial charge in [0.2, 0.25) is 0 Å². The van der Waals surface area contributed by atoms with Crippen molar-refractivity contribution in [3.63, 3.8) is 0 Å². The van der Waals surface area contributed by atoms with Gasteiger partial charge in [-0.05, 0) is 45.1 Å². The van der Waals surface area contributed by atoms with Crippen LogP contribution in [0.3, 0.4) is 0 Å². The Hall–Kier alpha value is -2.34. The molecule has 7 heteroatoms. The van der Waals surface area contributed by atoms with Gasteiger partial charge in [-0.25, -0.2) is 9.48 Å². The van der Waals surface area contributed by atoms with Crippen LogP contribution in [0, 0.1) is 13.8 Å². The van der Waals surface area contributed by atoms with Crippen LogP contribution in [0.2, 0.25) is 5.15 Å². The van der Waals surface area contributed by atoms with E-state index in [0.29, 0.717) is 12.2 Å². The Morgan fingerprint density at radius 3 is 2.62 bits per heavy atom. The van der Waals surface area contributed by atoms with Crippen molar-refractivity contribution >= 4 is 23.5 Å². The summed E-state index contributed by atoms with van der Waals surface area (Å²) in [6.45, 7) is 6.73. The summed E-state index contributed by atoms with van der Waals surface area (Å²) >= 11 is 6.42. The van der Waals surface area contributed by atoms with E-state index in [1.54, 1.807) is 11.6 Å². The maximum atomic E-state index is 12.6. The molecular formula is C22H28ClN3O3. The van der Waals surface area contributed by atoms with E-state index in [0.717, 1.165) is 37.8 Å². The Balaban J connectivity index is 1.65. The first-order chi connectivity index (χ1) is 13.9. The van der Waals surface area contributed by atoms with Gasteiger partial charge in [0.1, 0.15) is 10.7 Å². The van der Waals surface area contributed by atoms with Crippen molar-refractivity contribution in [2.24, 2.45) is 0 Å². The molecule has 0 spiro atoms. The number of rotatable bonds is 6. The highest BCUT2D eigenvalue weighted by Crippen LogP contribution is 2.23. The fourth-order valence-electron chi connectivity index (χ4n) is 3.79. The Bertz CT molecular complexity index is 876. The van der Waals surface area contributed by atoms with Crippen LogP contribution in [0.5, 0.6) is 0 Å². The zero-order valence-corrected chi connectivity index (χ0v) is 18.0. The standard InChI is InChI=1S/C22H28ClN3O3/c1-4-18-7-5-6-12-25(18)19(27)14-29-22(28)20-16(3)24-26(21(20)23)13-17-10-8-15(2)9-11-17/h8-11,18H,4-7,12-14H2,1-3H3. The minimum absolute atomic E-state index is 0.147. The molecule has 1 saturated heterocycles. The zero-order chi connectivity index (χ0) is 21.0. The summed E-state index contributed by atoms with van der Waals surface area (Å²) < 4.78 is 6.89.